The molecule has 0 aromatic heterocycles. The number of hydrogen-bond acceptors (Lipinski definition) is 1. The van der Waals surface area contributed by atoms with E-state index in [0.717, 1.165) is 23.4 Å². The SMILES string of the molecule is O=C1[C@H](c2ccc(C(F)(F)F)cc2)[C@@H](c2ccccc2)N1c1ccccc1. The number of rotatable bonds is 3. The van der Waals surface area contributed by atoms with Crippen LogP contribution in [0.25, 0.3) is 0 Å². The third kappa shape index (κ3) is 3.10. The number of alkyl halides is 3. The molecule has 1 aliphatic heterocycles. The Hall–Kier alpha value is -3.08. The Morgan fingerprint density at radius 3 is 1.81 bits per heavy atom. The molecular formula is C22H16F3NO. The van der Waals surface area contributed by atoms with Crippen LogP contribution in [0.15, 0.2) is 84.9 Å². The molecule has 1 aliphatic rings. The molecule has 1 saturated heterocycles. The second-order valence-electron chi connectivity index (χ2n) is 6.50. The lowest BCUT2D eigenvalue weighted by molar-refractivity contribution is -0.137. The number of carbonyl (C=O) groups excluding carboxylic acids is 1. The van der Waals surface area contributed by atoms with Crippen molar-refractivity contribution in [3.05, 3.63) is 102 Å². The van der Waals surface area contributed by atoms with Crippen molar-refractivity contribution in [2.24, 2.45) is 0 Å². The van der Waals surface area contributed by atoms with Crippen LogP contribution in [0.4, 0.5) is 18.9 Å². The zero-order valence-corrected chi connectivity index (χ0v) is 14.2. The summed E-state index contributed by atoms with van der Waals surface area (Å²) < 4.78 is 38.5. The number of halogens is 3. The van der Waals surface area contributed by atoms with Crippen LogP contribution in [0.1, 0.15) is 28.7 Å². The minimum Gasteiger partial charge on any atom is -0.303 e. The maximum Gasteiger partial charge on any atom is 0.416 e. The number of para-hydroxylation sites is 1. The molecule has 2 atom stereocenters. The second-order valence-corrected chi connectivity index (χ2v) is 6.50. The first kappa shape index (κ1) is 17.3. The maximum absolute atomic E-state index is 12.9. The highest BCUT2D eigenvalue weighted by Crippen LogP contribution is 2.49. The third-order valence-electron chi connectivity index (χ3n) is 4.87. The van der Waals surface area contributed by atoms with Gasteiger partial charge in [0.05, 0.1) is 17.5 Å². The van der Waals surface area contributed by atoms with E-state index in [1.54, 1.807) is 4.90 Å². The third-order valence-corrected chi connectivity index (χ3v) is 4.87. The summed E-state index contributed by atoms with van der Waals surface area (Å²) >= 11 is 0. The van der Waals surface area contributed by atoms with Gasteiger partial charge in [-0.1, -0.05) is 60.7 Å². The van der Waals surface area contributed by atoms with Crippen LogP contribution in [0, 0.1) is 0 Å². The van der Waals surface area contributed by atoms with E-state index in [2.05, 4.69) is 0 Å². The van der Waals surface area contributed by atoms with Crippen LogP contribution in [0.2, 0.25) is 0 Å². The molecule has 5 heteroatoms. The molecule has 3 aromatic rings. The van der Waals surface area contributed by atoms with E-state index in [4.69, 9.17) is 0 Å². The van der Waals surface area contributed by atoms with Gasteiger partial charge in [-0.25, -0.2) is 0 Å². The minimum absolute atomic E-state index is 0.116. The Labute approximate surface area is 154 Å². The van der Waals surface area contributed by atoms with Gasteiger partial charge >= 0.3 is 6.18 Å². The van der Waals surface area contributed by atoms with Gasteiger partial charge in [-0.15, -0.1) is 0 Å². The highest BCUT2D eigenvalue weighted by atomic mass is 19.4. The molecule has 4 rings (SSSR count). The lowest BCUT2D eigenvalue weighted by atomic mass is 9.77. The molecular weight excluding hydrogens is 351 g/mol. The summed E-state index contributed by atoms with van der Waals surface area (Å²) in [5.41, 5.74) is 1.61. The van der Waals surface area contributed by atoms with Crippen LogP contribution in [-0.2, 0) is 11.0 Å². The fourth-order valence-corrected chi connectivity index (χ4v) is 3.56. The van der Waals surface area contributed by atoms with E-state index in [1.165, 1.54) is 12.1 Å². The van der Waals surface area contributed by atoms with Gasteiger partial charge in [-0.2, -0.15) is 13.2 Å². The zero-order valence-electron chi connectivity index (χ0n) is 14.2. The van der Waals surface area contributed by atoms with Gasteiger partial charge in [0.1, 0.15) is 0 Å². The Morgan fingerprint density at radius 2 is 1.26 bits per heavy atom. The summed E-state index contributed by atoms with van der Waals surface area (Å²) in [7, 11) is 0. The molecule has 0 bridgehead atoms. The van der Waals surface area contributed by atoms with E-state index in [9.17, 15) is 18.0 Å². The maximum atomic E-state index is 12.9. The first-order valence-electron chi connectivity index (χ1n) is 8.57. The fourth-order valence-electron chi connectivity index (χ4n) is 3.56. The zero-order chi connectivity index (χ0) is 19.0. The largest absolute Gasteiger partial charge is 0.416 e. The van der Waals surface area contributed by atoms with Crippen molar-refractivity contribution >= 4 is 11.6 Å². The van der Waals surface area contributed by atoms with E-state index in [1.807, 2.05) is 60.7 Å². The summed E-state index contributed by atoms with van der Waals surface area (Å²) in [5, 5.41) is 0. The summed E-state index contributed by atoms with van der Waals surface area (Å²) in [6.45, 7) is 0. The highest BCUT2D eigenvalue weighted by Gasteiger charge is 2.49. The number of β-lactam (4-membered cyclic amide) rings is 1. The topological polar surface area (TPSA) is 20.3 Å². The van der Waals surface area contributed by atoms with Crippen molar-refractivity contribution in [1.29, 1.82) is 0 Å². The van der Waals surface area contributed by atoms with Gasteiger partial charge in [-0.3, -0.25) is 4.79 Å². The fraction of sp³-hybridized carbons (Fsp3) is 0.136. The van der Waals surface area contributed by atoms with Crippen LogP contribution in [0.5, 0.6) is 0 Å². The number of carbonyl (C=O) groups is 1. The molecule has 0 saturated carbocycles. The van der Waals surface area contributed by atoms with Crippen molar-refractivity contribution in [2.45, 2.75) is 18.1 Å². The molecule has 2 nitrogen and oxygen atoms in total. The molecule has 0 spiro atoms. The first-order chi connectivity index (χ1) is 13.0. The molecule has 0 aliphatic carbocycles. The minimum atomic E-state index is -4.39. The predicted molar refractivity (Wildman–Crippen MR) is 97.3 cm³/mol. The van der Waals surface area contributed by atoms with Crippen molar-refractivity contribution in [1.82, 2.24) is 0 Å². The standard InChI is InChI=1S/C22H16F3NO/c23-22(24,25)17-13-11-15(12-14-17)19-20(16-7-3-1-4-8-16)26(21(19)27)18-9-5-2-6-10-18/h1-14,19-20H/t19-,20-/m1/s1. The molecule has 27 heavy (non-hydrogen) atoms. The van der Waals surface area contributed by atoms with E-state index < -0.39 is 17.7 Å². The monoisotopic (exact) mass is 367 g/mol. The van der Waals surface area contributed by atoms with Crippen molar-refractivity contribution < 1.29 is 18.0 Å². The normalized spacial score (nSPS) is 19.7. The Morgan fingerprint density at radius 1 is 0.704 bits per heavy atom. The summed E-state index contributed by atoms with van der Waals surface area (Å²) in [4.78, 5) is 14.6. The number of benzene rings is 3. The molecule has 1 amide bonds. The Balaban J connectivity index is 1.73. The van der Waals surface area contributed by atoms with Crippen molar-refractivity contribution in [2.75, 3.05) is 4.90 Å². The summed E-state index contributed by atoms with van der Waals surface area (Å²) in [6.07, 6.45) is -4.39. The lowest BCUT2D eigenvalue weighted by Crippen LogP contribution is -2.53. The first-order valence-corrected chi connectivity index (χ1v) is 8.57. The Bertz CT molecular complexity index is 937. The van der Waals surface area contributed by atoms with Gasteiger partial charge in [0.15, 0.2) is 0 Å². The van der Waals surface area contributed by atoms with Crippen molar-refractivity contribution in [3.8, 4) is 0 Å². The second kappa shape index (κ2) is 6.58. The van der Waals surface area contributed by atoms with E-state index in [-0.39, 0.29) is 11.9 Å². The number of nitrogens with zero attached hydrogens (tertiary/aromatic N) is 1. The van der Waals surface area contributed by atoms with E-state index >= 15 is 0 Å². The quantitative estimate of drug-likeness (QED) is 0.554. The smallest absolute Gasteiger partial charge is 0.303 e. The van der Waals surface area contributed by atoms with Gasteiger partial charge in [0, 0.05) is 5.69 Å². The lowest BCUT2D eigenvalue weighted by Gasteiger charge is -2.47. The van der Waals surface area contributed by atoms with Gasteiger partial charge in [-0.05, 0) is 35.4 Å². The average Bonchev–Trinajstić information content (AvgIpc) is 2.67. The number of hydrogen-bond donors (Lipinski definition) is 0. The van der Waals surface area contributed by atoms with Crippen LogP contribution in [0.3, 0.4) is 0 Å². The summed E-state index contributed by atoms with van der Waals surface area (Å²) in [6, 6.07) is 23.5. The van der Waals surface area contributed by atoms with Crippen LogP contribution < -0.4 is 4.90 Å². The van der Waals surface area contributed by atoms with Crippen LogP contribution in [-0.4, -0.2) is 5.91 Å². The van der Waals surface area contributed by atoms with Gasteiger partial charge in [0.25, 0.3) is 0 Å². The highest BCUT2D eigenvalue weighted by molar-refractivity contribution is 6.06. The van der Waals surface area contributed by atoms with E-state index in [0.29, 0.717) is 5.56 Å². The Kier molecular flexibility index (Phi) is 4.22. The van der Waals surface area contributed by atoms with Gasteiger partial charge < -0.3 is 4.90 Å². The molecule has 1 fully saturated rings. The average molecular weight is 367 g/mol. The predicted octanol–water partition coefficient (Wildman–Crippen LogP) is 5.58. The van der Waals surface area contributed by atoms with Gasteiger partial charge in [0.2, 0.25) is 5.91 Å². The molecule has 3 aromatic carbocycles. The molecule has 0 unspecified atom stereocenters. The molecule has 0 radical (unpaired) electrons. The number of anilines is 1. The van der Waals surface area contributed by atoms with Crippen LogP contribution >= 0.6 is 0 Å². The molecule has 0 N–H and O–H groups in total. The summed E-state index contributed by atoms with van der Waals surface area (Å²) in [5.74, 6) is -0.621. The van der Waals surface area contributed by atoms with Crippen molar-refractivity contribution in [3.63, 3.8) is 0 Å². The number of amides is 1. The molecule has 136 valence electrons. The molecule has 1 heterocycles.